The van der Waals surface area contributed by atoms with Crippen LogP contribution in [0.25, 0.3) is 0 Å². The zero-order chi connectivity index (χ0) is 25.5. The standard InChI is InChI=1S/C28H49F3O3/c1-6-17(2)25(34)24-21(26(4)14-11-19(32)12-15-26)13-16-27(5)20(8-9-22(24)27)18(3)7-10-23(33)28(29,30)31/h17-25,32-34H,6-16H2,1-5H3/t17-,18+,19?,20+,21-,22-,23?,24+,25+,26?,27+/m0/s1. The Kier molecular flexibility index (Phi) is 8.78. The largest absolute Gasteiger partial charge is 0.414 e. The fourth-order valence-electron chi connectivity index (χ4n) is 8.50. The van der Waals surface area contributed by atoms with Crippen LogP contribution in [0.5, 0.6) is 0 Å². The van der Waals surface area contributed by atoms with Gasteiger partial charge in [0, 0.05) is 0 Å². The lowest BCUT2D eigenvalue weighted by Crippen LogP contribution is -2.53. The molecule has 3 saturated carbocycles. The zero-order valence-electron chi connectivity index (χ0n) is 21.9. The highest BCUT2D eigenvalue weighted by atomic mass is 19.4. The average molecular weight is 491 g/mol. The number of rotatable bonds is 8. The quantitative estimate of drug-likeness (QED) is 0.353. The van der Waals surface area contributed by atoms with Crippen LogP contribution in [0.4, 0.5) is 13.2 Å². The summed E-state index contributed by atoms with van der Waals surface area (Å²) in [7, 11) is 0. The molecule has 3 aliphatic carbocycles. The maximum absolute atomic E-state index is 12.9. The molecule has 3 rings (SSSR count). The van der Waals surface area contributed by atoms with Gasteiger partial charge in [0.1, 0.15) is 6.10 Å². The van der Waals surface area contributed by atoms with Gasteiger partial charge in [-0.05, 0) is 111 Å². The molecular formula is C28H49F3O3. The fraction of sp³-hybridized carbons (Fsp3) is 1.00. The van der Waals surface area contributed by atoms with Gasteiger partial charge < -0.3 is 15.3 Å². The van der Waals surface area contributed by atoms with E-state index in [1.807, 2.05) is 0 Å². The molecule has 3 fully saturated rings. The van der Waals surface area contributed by atoms with Crippen LogP contribution in [0.3, 0.4) is 0 Å². The van der Waals surface area contributed by atoms with E-state index in [1.165, 1.54) is 0 Å². The molecule has 3 nitrogen and oxygen atoms in total. The Hall–Kier alpha value is -0.330. The molecule has 0 radical (unpaired) electrons. The molecule has 200 valence electrons. The van der Waals surface area contributed by atoms with Crippen molar-refractivity contribution in [1.29, 1.82) is 0 Å². The van der Waals surface area contributed by atoms with Crippen molar-refractivity contribution in [3.05, 3.63) is 0 Å². The molecule has 0 bridgehead atoms. The SMILES string of the molecule is CC[C@H](C)[C@@H](O)[C@@H]1[C@@H](C2(C)CCC(O)CC2)CC[C@]2(C)[C@@H]([C@H](C)CCC(O)C(F)(F)F)CC[C@@H]12. The van der Waals surface area contributed by atoms with Gasteiger partial charge in [0.25, 0.3) is 0 Å². The molecular weight excluding hydrogens is 441 g/mol. The fourth-order valence-corrected chi connectivity index (χ4v) is 8.50. The summed E-state index contributed by atoms with van der Waals surface area (Å²) in [6.07, 6.45) is 1.52. The van der Waals surface area contributed by atoms with Crippen LogP contribution in [-0.2, 0) is 0 Å². The maximum Gasteiger partial charge on any atom is 0.414 e. The summed E-state index contributed by atoms with van der Waals surface area (Å²) in [6, 6.07) is 0. The monoisotopic (exact) mass is 490 g/mol. The topological polar surface area (TPSA) is 60.7 Å². The summed E-state index contributed by atoms with van der Waals surface area (Å²) in [6.45, 7) is 11.1. The summed E-state index contributed by atoms with van der Waals surface area (Å²) in [4.78, 5) is 0. The predicted octanol–water partition coefficient (Wildman–Crippen LogP) is 6.73. The number of aliphatic hydroxyl groups excluding tert-OH is 3. The smallest absolute Gasteiger partial charge is 0.393 e. The molecule has 3 aliphatic rings. The first-order valence-electron chi connectivity index (χ1n) is 13.9. The molecule has 9 atom stereocenters. The molecule has 0 aromatic rings. The summed E-state index contributed by atoms with van der Waals surface area (Å²) in [5, 5.41) is 31.3. The summed E-state index contributed by atoms with van der Waals surface area (Å²) < 4.78 is 38.6. The first kappa shape index (κ1) is 28.2. The molecule has 1 unspecified atom stereocenters. The second-order valence-electron chi connectivity index (χ2n) is 12.9. The Morgan fingerprint density at radius 3 is 2.06 bits per heavy atom. The Morgan fingerprint density at radius 2 is 1.50 bits per heavy atom. The van der Waals surface area contributed by atoms with Crippen LogP contribution in [0.15, 0.2) is 0 Å². The van der Waals surface area contributed by atoms with Gasteiger partial charge in [0.15, 0.2) is 0 Å². The lowest BCUT2D eigenvalue weighted by Gasteiger charge is -2.57. The van der Waals surface area contributed by atoms with Crippen LogP contribution < -0.4 is 0 Å². The molecule has 0 aromatic heterocycles. The van der Waals surface area contributed by atoms with Gasteiger partial charge in [0.05, 0.1) is 12.2 Å². The van der Waals surface area contributed by atoms with E-state index < -0.39 is 12.3 Å². The van der Waals surface area contributed by atoms with E-state index in [2.05, 4.69) is 34.6 Å². The van der Waals surface area contributed by atoms with Crippen molar-refractivity contribution in [2.24, 2.45) is 46.3 Å². The number of hydrogen-bond donors (Lipinski definition) is 3. The number of fused-ring (bicyclic) bond motifs is 1. The Balaban J connectivity index is 1.82. The Morgan fingerprint density at radius 1 is 0.882 bits per heavy atom. The second-order valence-corrected chi connectivity index (χ2v) is 12.9. The van der Waals surface area contributed by atoms with E-state index in [-0.39, 0.29) is 47.2 Å². The van der Waals surface area contributed by atoms with Gasteiger partial charge in [-0.1, -0.05) is 41.0 Å². The van der Waals surface area contributed by atoms with E-state index in [1.54, 1.807) is 0 Å². The van der Waals surface area contributed by atoms with Crippen LogP contribution in [0.1, 0.15) is 105 Å². The highest BCUT2D eigenvalue weighted by molar-refractivity contribution is 5.08. The lowest BCUT2D eigenvalue weighted by atomic mass is 9.48. The molecule has 0 aliphatic heterocycles. The third kappa shape index (κ3) is 5.49. The number of aliphatic hydroxyl groups is 3. The molecule has 0 amide bonds. The van der Waals surface area contributed by atoms with Crippen molar-refractivity contribution >= 4 is 0 Å². The average Bonchev–Trinajstić information content (AvgIpc) is 3.14. The van der Waals surface area contributed by atoms with E-state index in [0.29, 0.717) is 24.2 Å². The molecule has 0 spiro atoms. The van der Waals surface area contributed by atoms with Crippen molar-refractivity contribution in [3.8, 4) is 0 Å². The summed E-state index contributed by atoms with van der Waals surface area (Å²) in [5.41, 5.74) is 0.142. The van der Waals surface area contributed by atoms with E-state index >= 15 is 0 Å². The minimum Gasteiger partial charge on any atom is -0.393 e. The first-order chi connectivity index (χ1) is 15.7. The minimum atomic E-state index is -4.55. The lowest BCUT2D eigenvalue weighted by molar-refractivity contribution is -0.206. The van der Waals surface area contributed by atoms with Gasteiger partial charge in [0.2, 0.25) is 0 Å². The van der Waals surface area contributed by atoms with E-state index in [0.717, 1.165) is 57.8 Å². The van der Waals surface area contributed by atoms with Gasteiger partial charge in [-0.15, -0.1) is 0 Å². The molecule has 3 N–H and O–H groups in total. The molecule has 34 heavy (non-hydrogen) atoms. The van der Waals surface area contributed by atoms with Crippen LogP contribution in [-0.4, -0.2) is 39.8 Å². The highest BCUT2D eigenvalue weighted by Crippen LogP contribution is 2.65. The van der Waals surface area contributed by atoms with Crippen LogP contribution >= 0.6 is 0 Å². The van der Waals surface area contributed by atoms with Gasteiger partial charge in [-0.3, -0.25) is 0 Å². The third-order valence-corrected chi connectivity index (χ3v) is 11.0. The number of alkyl halides is 3. The van der Waals surface area contributed by atoms with Crippen LogP contribution in [0.2, 0.25) is 0 Å². The van der Waals surface area contributed by atoms with E-state index in [9.17, 15) is 28.5 Å². The predicted molar refractivity (Wildman–Crippen MR) is 129 cm³/mol. The maximum atomic E-state index is 12.9. The summed E-state index contributed by atoms with van der Waals surface area (Å²) >= 11 is 0. The molecule has 0 heterocycles. The molecule has 6 heteroatoms. The minimum absolute atomic E-state index is 0.0166. The number of halogens is 3. The normalized spacial score (nSPS) is 42.6. The van der Waals surface area contributed by atoms with Gasteiger partial charge in [-0.2, -0.15) is 13.2 Å². The van der Waals surface area contributed by atoms with Crippen LogP contribution in [0, 0.1) is 46.3 Å². The van der Waals surface area contributed by atoms with E-state index in [4.69, 9.17) is 0 Å². The van der Waals surface area contributed by atoms with Crippen molar-refractivity contribution in [2.45, 2.75) is 130 Å². The van der Waals surface area contributed by atoms with Crippen molar-refractivity contribution < 1.29 is 28.5 Å². The van der Waals surface area contributed by atoms with Crippen molar-refractivity contribution in [1.82, 2.24) is 0 Å². The first-order valence-corrected chi connectivity index (χ1v) is 13.9. The van der Waals surface area contributed by atoms with Crippen molar-refractivity contribution in [2.75, 3.05) is 0 Å². The molecule has 0 aromatic carbocycles. The van der Waals surface area contributed by atoms with Gasteiger partial charge >= 0.3 is 6.18 Å². The summed E-state index contributed by atoms with van der Waals surface area (Å²) in [5.74, 6) is 1.65. The highest BCUT2D eigenvalue weighted by Gasteiger charge is 2.59. The van der Waals surface area contributed by atoms with Crippen molar-refractivity contribution in [3.63, 3.8) is 0 Å². The second kappa shape index (κ2) is 10.6. The Bertz CT molecular complexity index is 660. The van der Waals surface area contributed by atoms with Gasteiger partial charge in [-0.25, -0.2) is 0 Å². The Labute approximate surface area is 204 Å². The zero-order valence-corrected chi connectivity index (χ0v) is 21.9. The molecule has 0 saturated heterocycles. The third-order valence-electron chi connectivity index (χ3n) is 11.0. The number of hydrogen-bond acceptors (Lipinski definition) is 3.